The summed E-state index contributed by atoms with van der Waals surface area (Å²) in [5, 5.41) is 2.62. The van der Waals surface area contributed by atoms with Gasteiger partial charge in [-0.25, -0.2) is 4.79 Å². The molecule has 8 heteroatoms. The van der Waals surface area contributed by atoms with Crippen molar-refractivity contribution in [1.82, 2.24) is 10.2 Å². The number of nitrogens with zero attached hydrogens (tertiary/aromatic N) is 1. The zero-order valence-electron chi connectivity index (χ0n) is 18.0. The van der Waals surface area contributed by atoms with Gasteiger partial charge in [-0.1, -0.05) is 54.6 Å². The Morgan fingerprint density at radius 1 is 1.06 bits per heavy atom. The summed E-state index contributed by atoms with van der Waals surface area (Å²) < 4.78 is 5.47. The number of amides is 3. The van der Waals surface area contributed by atoms with Gasteiger partial charge in [-0.2, -0.15) is 0 Å². The largest absolute Gasteiger partial charge is 0.445 e. The van der Waals surface area contributed by atoms with Crippen molar-refractivity contribution >= 4 is 23.7 Å². The van der Waals surface area contributed by atoms with Crippen LogP contribution in [0.15, 0.2) is 54.6 Å². The molecule has 168 valence electrons. The van der Waals surface area contributed by atoms with Gasteiger partial charge < -0.3 is 20.6 Å². The molecule has 1 heterocycles. The van der Waals surface area contributed by atoms with Gasteiger partial charge in [-0.15, -0.1) is 0 Å². The van der Waals surface area contributed by atoms with Gasteiger partial charge in [0.05, 0.1) is 6.54 Å². The molecular weight excluding hydrogens is 410 g/mol. The van der Waals surface area contributed by atoms with Crippen molar-refractivity contribution in [3.05, 3.63) is 71.3 Å². The van der Waals surface area contributed by atoms with Crippen LogP contribution in [0.2, 0.25) is 0 Å². The predicted molar refractivity (Wildman–Crippen MR) is 117 cm³/mol. The molecule has 1 aliphatic rings. The molecule has 0 spiro atoms. The van der Waals surface area contributed by atoms with Gasteiger partial charge in [0.1, 0.15) is 24.5 Å². The molecule has 3 rings (SSSR count). The molecule has 0 unspecified atom stereocenters. The summed E-state index contributed by atoms with van der Waals surface area (Å²) >= 11 is 0. The lowest BCUT2D eigenvalue weighted by Crippen LogP contribution is -2.56. The minimum absolute atomic E-state index is 0.0781. The SMILES string of the molecule is CC(=O)CC[C@H](NC(=O)[C@@H]1Cc2ccccc2CN1C(=O)OCc1ccccc1)C(N)=O. The van der Waals surface area contributed by atoms with Crippen LogP contribution in [0.1, 0.15) is 36.5 Å². The van der Waals surface area contributed by atoms with E-state index in [-0.39, 0.29) is 38.2 Å². The highest BCUT2D eigenvalue weighted by atomic mass is 16.6. The summed E-state index contributed by atoms with van der Waals surface area (Å²) in [6.45, 7) is 1.69. The van der Waals surface area contributed by atoms with E-state index in [1.165, 1.54) is 11.8 Å². The van der Waals surface area contributed by atoms with Crippen LogP contribution in [0.25, 0.3) is 0 Å². The standard InChI is InChI=1S/C24H27N3O5/c1-16(28)11-12-20(22(25)29)26-23(30)21-13-18-9-5-6-10-19(18)14-27(21)24(31)32-15-17-7-3-2-4-8-17/h2-10,20-21H,11-15H2,1H3,(H2,25,29)(H,26,30)/t20-,21-/m0/s1. The molecule has 2 aromatic carbocycles. The van der Waals surface area contributed by atoms with Gasteiger partial charge in [0.15, 0.2) is 0 Å². The molecule has 0 bridgehead atoms. The Morgan fingerprint density at radius 2 is 1.72 bits per heavy atom. The summed E-state index contributed by atoms with van der Waals surface area (Å²) in [6.07, 6.45) is -0.119. The highest BCUT2D eigenvalue weighted by molar-refractivity contribution is 5.91. The fourth-order valence-electron chi connectivity index (χ4n) is 3.65. The van der Waals surface area contributed by atoms with E-state index in [1.807, 2.05) is 54.6 Å². The highest BCUT2D eigenvalue weighted by Gasteiger charge is 2.36. The molecule has 2 atom stereocenters. The second kappa shape index (κ2) is 10.6. The van der Waals surface area contributed by atoms with Gasteiger partial charge in [0.2, 0.25) is 11.8 Å². The molecule has 3 amide bonds. The molecule has 8 nitrogen and oxygen atoms in total. The number of fused-ring (bicyclic) bond motifs is 1. The third-order valence-corrected chi connectivity index (χ3v) is 5.44. The van der Waals surface area contributed by atoms with Crippen LogP contribution in [-0.4, -0.2) is 40.7 Å². The van der Waals surface area contributed by atoms with Crippen molar-refractivity contribution < 1.29 is 23.9 Å². The van der Waals surface area contributed by atoms with Crippen molar-refractivity contribution in [2.75, 3.05) is 0 Å². The van der Waals surface area contributed by atoms with Gasteiger partial charge in [0.25, 0.3) is 0 Å². The summed E-state index contributed by atoms with van der Waals surface area (Å²) in [5.74, 6) is -1.35. The topological polar surface area (TPSA) is 119 Å². The van der Waals surface area contributed by atoms with Crippen molar-refractivity contribution in [1.29, 1.82) is 0 Å². The lowest BCUT2D eigenvalue weighted by atomic mass is 9.93. The lowest BCUT2D eigenvalue weighted by Gasteiger charge is -2.35. The fourth-order valence-corrected chi connectivity index (χ4v) is 3.65. The summed E-state index contributed by atoms with van der Waals surface area (Å²) in [6, 6.07) is 14.9. The van der Waals surface area contributed by atoms with E-state index >= 15 is 0 Å². The first-order valence-electron chi connectivity index (χ1n) is 10.5. The van der Waals surface area contributed by atoms with Crippen LogP contribution in [-0.2, 0) is 38.7 Å². The monoisotopic (exact) mass is 437 g/mol. The number of ketones is 1. The second-order valence-electron chi connectivity index (χ2n) is 7.86. The Bertz CT molecular complexity index is 992. The Labute approximate surface area is 186 Å². The average molecular weight is 437 g/mol. The predicted octanol–water partition coefficient (Wildman–Crippen LogP) is 2.09. The minimum Gasteiger partial charge on any atom is -0.445 e. The minimum atomic E-state index is -0.995. The maximum absolute atomic E-state index is 13.1. The maximum atomic E-state index is 13.1. The van der Waals surface area contributed by atoms with Crippen molar-refractivity contribution in [2.24, 2.45) is 5.73 Å². The zero-order chi connectivity index (χ0) is 23.1. The Kier molecular flexibility index (Phi) is 7.59. The van der Waals surface area contributed by atoms with Crippen LogP contribution in [0, 0.1) is 0 Å². The summed E-state index contributed by atoms with van der Waals surface area (Å²) in [5.41, 5.74) is 8.12. The van der Waals surface area contributed by atoms with Gasteiger partial charge in [-0.05, 0) is 30.0 Å². The van der Waals surface area contributed by atoms with E-state index < -0.39 is 30.0 Å². The quantitative estimate of drug-likeness (QED) is 0.655. The summed E-state index contributed by atoms with van der Waals surface area (Å²) in [4.78, 5) is 50.5. The van der Waals surface area contributed by atoms with Crippen molar-refractivity contribution in [2.45, 2.75) is 51.4 Å². The number of Topliss-reactive ketones (excluding diaryl/α,β-unsaturated/α-hetero) is 1. The van der Waals surface area contributed by atoms with E-state index in [0.717, 1.165) is 16.7 Å². The van der Waals surface area contributed by atoms with Crippen molar-refractivity contribution in [3.8, 4) is 0 Å². The first-order valence-corrected chi connectivity index (χ1v) is 10.5. The third-order valence-electron chi connectivity index (χ3n) is 5.44. The average Bonchev–Trinajstić information content (AvgIpc) is 2.79. The Morgan fingerprint density at radius 3 is 2.38 bits per heavy atom. The van der Waals surface area contributed by atoms with Crippen LogP contribution in [0.5, 0.6) is 0 Å². The Hall–Kier alpha value is -3.68. The van der Waals surface area contributed by atoms with Crippen LogP contribution in [0.4, 0.5) is 4.79 Å². The number of benzene rings is 2. The van der Waals surface area contributed by atoms with E-state index in [1.54, 1.807) is 0 Å². The highest BCUT2D eigenvalue weighted by Crippen LogP contribution is 2.24. The molecule has 32 heavy (non-hydrogen) atoms. The lowest BCUT2D eigenvalue weighted by molar-refractivity contribution is -0.131. The molecule has 1 aliphatic heterocycles. The van der Waals surface area contributed by atoms with Gasteiger partial charge in [0, 0.05) is 12.8 Å². The molecule has 3 N–H and O–H groups in total. The van der Waals surface area contributed by atoms with Crippen LogP contribution < -0.4 is 11.1 Å². The number of nitrogens with two attached hydrogens (primary N) is 1. The molecule has 0 saturated carbocycles. The number of rotatable bonds is 8. The molecule has 0 radical (unpaired) electrons. The van der Waals surface area contributed by atoms with E-state index in [4.69, 9.17) is 10.5 Å². The van der Waals surface area contributed by atoms with Gasteiger partial charge >= 0.3 is 6.09 Å². The van der Waals surface area contributed by atoms with Crippen LogP contribution >= 0.6 is 0 Å². The number of primary amides is 1. The molecule has 0 saturated heterocycles. The zero-order valence-corrected chi connectivity index (χ0v) is 18.0. The molecule has 0 aliphatic carbocycles. The number of nitrogens with one attached hydrogen (secondary N) is 1. The maximum Gasteiger partial charge on any atom is 0.411 e. The molecular formula is C24H27N3O5. The van der Waals surface area contributed by atoms with E-state index in [9.17, 15) is 19.2 Å². The molecule has 0 aromatic heterocycles. The normalized spacial score (nSPS) is 15.9. The number of carbonyl (C=O) groups excluding carboxylic acids is 4. The fraction of sp³-hybridized carbons (Fsp3) is 0.333. The second-order valence-corrected chi connectivity index (χ2v) is 7.86. The summed E-state index contributed by atoms with van der Waals surface area (Å²) in [7, 11) is 0. The van der Waals surface area contributed by atoms with Gasteiger partial charge in [-0.3, -0.25) is 14.5 Å². The van der Waals surface area contributed by atoms with E-state index in [2.05, 4.69) is 5.32 Å². The van der Waals surface area contributed by atoms with E-state index in [0.29, 0.717) is 0 Å². The third kappa shape index (κ3) is 5.94. The number of carbonyl (C=O) groups is 4. The molecule has 2 aromatic rings. The van der Waals surface area contributed by atoms with Crippen LogP contribution in [0.3, 0.4) is 0 Å². The first kappa shape index (κ1) is 23.0. The van der Waals surface area contributed by atoms with Crippen molar-refractivity contribution in [3.63, 3.8) is 0 Å². The first-order chi connectivity index (χ1) is 15.3. The Balaban J connectivity index is 1.76. The smallest absolute Gasteiger partial charge is 0.411 e. The number of hydrogen-bond acceptors (Lipinski definition) is 5. The number of ether oxygens (including phenoxy) is 1. The number of hydrogen-bond donors (Lipinski definition) is 2. The molecule has 0 fully saturated rings.